The first-order valence-electron chi connectivity index (χ1n) is 7.23. The Balaban J connectivity index is 1.83. The number of halogens is 2. The van der Waals surface area contributed by atoms with Gasteiger partial charge in [-0.2, -0.15) is 0 Å². The summed E-state index contributed by atoms with van der Waals surface area (Å²) in [5, 5.41) is 4.48. The summed E-state index contributed by atoms with van der Waals surface area (Å²) in [6.07, 6.45) is 0. The van der Waals surface area contributed by atoms with E-state index in [1.54, 1.807) is 18.0 Å². The van der Waals surface area contributed by atoms with Crippen LogP contribution in [-0.2, 0) is 11.3 Å². The molecule has 7 heteroatoms. The average Bonchev–Trinajstić information content (AvgIpc) is 2.51. The number of benzene rings is 2. The van der Waals surface area contributed by atoms with E-state index in [-0.39, 0.29) is 12.2 Å². The van der Waals surface area contributed by atoms with Gasteiger partial charge in [-0.15, -0.1) is 0 Å². The summed E-state index contributed by atoms with van der Waals surface area (Å²) in [5.74, 6) is -1.04. The fourth-order valence-corrected chi connectivity index (χ4v) is 2.51. The average molecular weight is 394 g/mol. The van der Waals surface area contributed by atoms with Gasteiger partial charge in [0.15, 0.2) is 0 Å². The molecule has 0 atom stereocenters. The molecule has 0 aliphatic rings. The molecular formula is C17H17BrFN3O2. The summed E-state index contributed by atoms with van der Waals surface area (Å²) in [7, 11) is 1.77. The molecule has 3 amide bonds. The van der Waals surface area contributed by atoms with Crippen molar-refractivity contribution in [3.05, 3.63) is 64.4 Å². The van der Waals surface area contributed by atoms with Gasteiger partial charge in [-0.05, 0) is 30.8 Å². The molecule has 2 N–H and O–H groups in total. The highest BCUT2D eigenvalue weighted by Gasteiger charge is 2.13. The summed E-state index contributed by atoms with van der Waals surface area (Å²) in [5.41, 5.74) is 1.05. The zero-order chi connectivity index (χ0) is 17.5. The zero-order valence-corrected chi connectivity index (χ0v) is 14.6. The molecule has 126 valence electrons. The van der Waals surface area contributed by atoms with Crippen LogP contribution in [-0.4, -0.2) is 30.4 Å². The molecular weight excluding hydrogens is 377 g/mol. The van der Waals surface area contributed by atoms with Crippen LogP contribution in [0, 0.1) is 5.82 Å². The second kappa shape index (κ2) is 8.56. The van der Waals surface area contributed by atoms with Crippen LogP contribution in [0.1, 0.15) is 5.56 Å². The molecule has 0 heterocycles. The number of likely N-dealkylation sites (N-methyl/N-ethyl adjacent to an activating group) is 1. The Bertz CT molecular complexity index is 739. The highest BCUT2D eigenvalue weighted by atomic mass is 79.9. The molecule has 0 saturated heterocycles. The number of imide groups is 1. The minimum Gasteiger partial charge on any atom is -0.305 e. The van der Waals surface area contributed by atoms with Gasteiger partial charge in [0.25, 0.3) is 0 Å². The number of carbonyl (C=O) groups excluding carboxylic acids is 2. The van der Waals surface area contributed by atoms with Crippen LogP contribution in [0.5, 0.6) is 0 Å². The van der Waals surface area contributed by atoms with Crippen LogP contribution < -0.4 is 10.6 Å². The molecule has 24 heavy (non-hydrogen) atoms. The zero-order valence-electron chi connectivity index (χ0n) is 13.1. The lowest BCUT2D eigenvalue weighted by Gasteiger charge is -2.17. The molecule has 2 aromatic rings. The lowest BCUT2D eigenvalue weighted by molar-refractivity contribution is -0.120. The first-order chi connectivity index (χ1) is 11.5. The normalized spacial score (nSPS) is 10.5. The topological polar surface area (TPSA) is 61.4 Å². The first kappa shape index (κ1) is 18.1. The third kappa shape index (κ3) is 5.43. The van der Waals surface area contributed by atoms with Crippen LogP contribution in [0.4, 0.5) is 14.9 Å². The molecule has 0 unspecified atom stereocenters. The highest BCUT2D eigenvalue weighted by Crippen LogP contribution is 2.17. The predicted molar refractivity (Wildman–Crippen MR) is 94.0 cm³/mol. The molecule has 0 fully saturated rings. The Morgan fingerprint density at radius 1 is 1.12 bits per heavy atom. The fraction of sp³-hybridized carbons (Fsp3) is 0.176. The molecule has 0 aliphatic heterocycles. The summed E-state index contributed by atoms with van der Waals surface area (Å²) in [6.45, 7) is 0.579. The van der Waals surface area contributed by atoms with Crippen LogP contribution in [0.15, 0.2) is 53.0 Å². The van der Waals surface area contributed by atoms with Crippen LogP contribution in [0.2, 0.25) is 0 Å². The Labute approximate surface area is 148 Å². The largest absolute Gasteiger partial charge is 0.326 e. The van der Waals surface area contributed by atoms with Crippen LogP contribution in [0.3, 0.4) is 0 Å². The standard InChI is InChI=1S/C17H17BrFN3O2/c1-22(10-12-6-2-3-7-13(12)18)11-16(23)21-17(24)20-15-9-5-4-8-14(15)19/h2-9H,10-11H2,1H3,(H2,20,21,23,24). The number of urea groups is 1. The molecule has 5 nitrogen and oxygen atoms in total. The third-order valence-corrected chi connectivity index (χ3v) is 3.96. The molecule has 0 aliphatic carbocycles. The van der Waals surface area contributed by atoms with Crippen molar-refractivity contribution < 1.29 is 14.0 Å². The predicted octanol–water partition coefficient (Wildman–Crippen LogP) is 3.37. The second-order valence-corrected chi connectivity index (χ2v) is 6.10. The van der Waals surface area contributed by atoms with Crippen molar-refractivity contribution in [2.45, 2.75) is 6.54 Å². The van der Waals surface area contributed by atoms with Crippen molar-refractivity contribution >= 4 is 33.6 Å². The minimum absolute atomic E-state index is 0.0179. The molecule has 2 aromatic carbocycles. The summed E-state index contributed by atoms with van der Waals surface area (Å²) < 4.78 is 14.4. The third-order valence-electron chi connectivity index (χ3n) is 3.19. The summed E-state index contributed by atoms with van der Waals surface area (Å²) >= 11 is 3.45. The minimum atomic E-state index is -0.764. The lowest BCUT2D eigenvalue weighted by atomic mass is 10.2. The van der Waals surface area contributed by atoms with Gasteiger partial charge in [-0.25, -0.2) is 9.18 Å². The van der Waals surface area contributed by atoms with Gasteiger partial charge >= 0.3 is 6.03 Å². The van der Waals surface area contributed by atoms with Crippen molar-refractivity contribution in [2.75, 3.05) is 18.9 Å². The van der Waals surface area contributed by atoms with Gasteiger partial charge in [0.05, 0.1) is 12.2 Å². The summed E-state index contributed by atoms with van der Waals surface area (Å²) in [4.78, 5) is 25.4. The van der Waals surface area contributed by atoms with Crippen molar-refractivity contribution in [3.63, 3.8) is 0 Å². The van der Waals surface area contributed by atoms with Gasteiger partial charge in [-0.3, -0.25) is 15.0 Å². The lowest BCUT2D eigenvalue weighted by Crippen LogP contribution is -2.40. The number of carbonyl (C=O) groups is 2. The number of para-hydroxylation sites is 1. The van der Waals surface area contributed by atoms with E-state index < -0.39 is 17.8 Å². The first-order valence-corrected chi connectivity index (χ1v) is 8.02. The van der Waals surface area contributed by atoms with E-state index in [9.17, 15) is 14.0 Å². The van der Waals surface area contributed by atoms with E-state index in [2.05, 4.69) is 26.6 Å². The highest BCUT2D eigenvalue weighted by molar-refractivity contribution is 9.10. The number of anilines is 1. The number of rotatable bonds is 5. The fourth-order valence-electron chi connectivity index (χ4n) is 2.10. The maximum atomic E-state index is 13.4. The smallest absolute Gasteiger partial charge is 0.305 e. The number of nitrogens with one attached hydrogen (secondary N) is 2. The second-order valence-electron chi connectivity index (χ2n) is 5.25. The quantitative estimate of drug-likeness (QED) is 0.818. The van der Waals surface area contributed by atoms with E-state index in [1.807, 2.05) is 24.3 Å². The Kier molecular flexibility index (Phi) is 6.45. The number of nitrogens with zero attached hydrogens (tertiary/aromatic N) is 1. The maximum Gasteiger partial charge on any atom is 0.326 e. The van der Waals surface area contributed by atoms with Crippen LogP contribution >= 0.6 is 15.9 Å². The molecule has 0 aromatic heterocycles. The maximum absolute atomic E-state index is 13.4. The van der Waals surface area contributed by atoms with Gasteiger partial charge < -0.3 is 5.32 Å². The van der Waals surface area contributed by atoms with Gasteiger partial charge in [-0.1, -0.05) is 46.3 Å². The number of amides is 3. The van der Waals surface area contributed by atoms with Gasteiger partial charge in [0.1, 0.15) is 5.82 Å². The van der Waals surface area contributed by atoms with Crippen molar-refractivity contribution in [3.8, 4) is 0 Å². The molecule has 0 bridgehead atoms. The molecule has 0 saturated carbocycles. The Hall–Kier alpha value is -2.25. The number of hydrogen-bond donors (Lipinski definition) is 2. The van der Waals surface area contributed by atoms with Crippen molar-refractivity contribution in [1.29, 1.82) is 0 Å². The van der Waals surface area contributed by atoms with E-state index in [0.29, 0.717) is 6.54 Å². The van der Waals surface area contributed by atoms with E-state index in [1.165, 1.54) is 18.2 Å². The summed E-state index contributed by atoms with van der Waals surface area (Å²) in [6, 6.07) is 12.7. The van der Waals surface area contributed by atoms with E-state index >= 15 is 0 Å². The Morgan fingerprint density at radius 2 is 1.79 bits per heavy atom. The Morgan fingerprint density at radius 3 is 2.50 bits per heavy atom. The monoisotopic (exact) mass is 393 g/mol. The number of hydrogen-bond acceptors (Lipinski definition) is 3. The SMILES string of the molecule is CN(CC(=O)NC(=O)Nc1ccccc1F)Cc1ccccc1Br. The van der Waals surface area contributed by atoms with Crippen molar-refractivity contribution in [1.82, 2.24) is 10.2 Å². The molecule has 2 rings (SSSR count). The van der Waals surface area contributed by atoms with Gasteiger partial charge in [0.2, 0.25) is 5.91 Å². The van der Waals surface area contributed by atoms with E-state index in [4.69, 9.17) is 0 Å². The van der Waals surface area contributed by atoms with E-state index in [0.717, 1.165) is 10.0 Å². The van der Waals surface area contributed by atoms with Gasteiger partial charge in [0, 0.05) is 11.0 Å². The molecule has 0 radical (unpaired) electrons. The van der Waals surface area contributed by atoms with Crippen LogP contribution in [0.25, 0.3) is 0 Å². The van der Waals surface area contributed by atoms with Crippen molar-refractivity contribution in [2.24, 2.45) is 0 Å². The molecule has 0 spiro atoms.